The van der Waals surface area contributed by atoms with E-state index >= 15 is 0 Å². The molecule has 0 spiro atoms. The van der Waals surface area contributed by atoms with Crippen LogP contribution < -0.4 is 4.74 Å². The first-order valence-electron chi connectivity index (χ1n) is 6.12. The number of alkyl halides is 1. The molecule has 0 amide bonds. The fourth-order valence-corrected chi connectivity index (χ4v) is 2.49. The molecule has 0 unspecified atom stereocenters. The Morgan fingerprint density at radius 2 is 1.74 bits per heavy atom. The van der Waals surface area contributed by atoms with Crippen LogP contribution in [0.25, 0.3) is 0 Å². The standard InChI is InChI=1S/C16H16BrClO/c1-10-4-5-11(2)16(12(10)3)19-15-8-14(17)7-6-13(15)9-18/h4-8H,9H2,1-3H3. The van der Waals surface area contributed by atoms with Gasteiger partial charge in [-0.05, 0) is 49.6 Å². The summed E-state index contributed by atoms with van der Waals surface area (Å²) in [6.45, 7) is 6.22. The van der Waals surface area contributed by atoms with Gasteiger partial charge in [-0.1, -0.05) is 34.1 Å². The van der Waals surface area contributed by atoms with Gasteiger partial charge in [-0.2, -0.15) is 0 Å². The second kappa shape index (κ2) is 5.98. The molecule has 0 aliphatic carbocycles. The van der Waals surface area contributed by atoms with Crippen LogP contribution >= 0.6 is 27.5 Å². The minimum atomic E-state index is 0.437. The maximum absolute atomic E-state index is 6.11. The molecule has 0 aliphatic rings. The Balaban J connectivity index is 2.47. The van der Waals surface area contributed by atoms with Gasteiger partial charge in [0, 0.05) is 10.0 Å². The van der Waals surface area contributed by atoms with Crippen molar-refractivity contribution >= 4 is 27.5 Å². The van der Waals surface area contributed by atoms with Crippen LogP contribution in [0.5, 0.6) is 11.5 Å². The Labute approximate surface area is 127 Å². The van der Waals surface area contributed by atoms with Gasteiger partial charge in [-0.3, -0.25) is 0 Å². The van der Waals surface area contributed by atoms with Gasteiger partial charge in [0.15, 0.2) is 0 Å². The first kappa shape index (κ1) is 14.4. The molecule has 0 saturated heterocycles. The summed E-state index contributed by atoms with van der Waals surface area (Å²) < 4.78 is 7.09. The van der Waals surface area contributed by atoms with Gasteiger partial charge in [0.2, 0.25) is 0 Å². The number of ether oxygens (including phenoxy) is 1. The average Bonchev–Trinajstić information content (AvgIpc) is 2.39. The molecule has 2 aromatic rings. The first-order valence-corrected chi connectivity index (χ1v) is 7.44. The lowest BCUT2D eigenvalue weighted by atomic mass is 10.1. The molecule has 19 heavy (non-hydrogen) atoms. The lowest BCUT2D eigenvalue weighted by Crippen LogP contribution is -1.96. The van der Waals surface area contributed by atoms with Crippen molar-refractivity contribution in [2.75, 3.05) is 0 Å². The highest BCUT2D eigenvalue weighted by Gasteiger charge is 2.10. The van der Waals surface area contributed by atoms with Crippen molar-refractivity contribution in [3.63, 3.8) is 0 Å². The minimum Gasteiger partial charge on any atom is -0.456 e. The molecule has 3 heteroatoms. The molecule has 100 valence electrons. The summed E-state index contributed by atoms with van der Waals surface area (Å²) in [7, 11) is 0. The highest BCUT2D eigenvalue weighted by Crippen LogP contribution is 2.34. The summed E-state index contributed by atoms with van der Waals surface area (Å²) in [4.78, 5) is 0. The Morgan fingerprint density at radius 3 is 2.42 bits per heavy atom. The van der Waals surface area contributed by atoms with Crippen molar-refractivity contribution in [3.8, 4) is 11.5 Å². The first-order chi connectivity index (χ1) is 9.02. The number of aryl methyl sites for hydroxylation is 2. The van der Waals surface area contributed by atoms with E-state index in [1.807, 2.05) is 18.2 Å². The van der Waals surface area contributed by atoms with Gasteiger partial charge in [-0.15, -0.1) is 11.6 Å². The second-order valence-electron chi connectivity index (χ2n) is 4.64. The molecular weight excluding hydrogens is 324 g/mol. The van der Waals surface area contributed by atoms with Gasteiger partial charge in [0.25, 0.3) is 0 Å². The van der Waals surface area contributed by atoms with E-state index in [1.54, 1.807) is 0 Å². The van der Waals surface area contributed by atoms with Crippen molar-refractivity contribution < 1.29 is 4.74 Å². The molecule has 0 heterocycles. The molecule has 0 radical (unpaired) electrons. The van der Waals surface area contributed by atoms with Crippen LogP contribution in [-0.4, -0.2) is 0 Å². The Bertz CT molecular complexity index is 608. The highest BCUT2D eigenvalue weighted by atomic mass is 79.9. The zero-order valence-electron chi connectivity index (χ0n) is 11.3. The number of hydrogen-bond donors (Lipinski definition) is 0. The van der Waals surface area contributed by atoms with E-state index in [0.717, 1.165) is 27.1 Å². The Morgan fingerprint density at radius 1 is 1.05 bits per heavy atom. The SMILES string of the molecule is Cc1ccc(C)c(Oc2cc(Br)ccc2CCl)c1C. The van der Waals surface area contributed by atoms with E-state index in [9.17, 15) is 0 Å². The Hall–Kier alpha value is -0.990. The van der Waals surface area contributed by atoms with Crippen molar-refractivity contribution in [2.24, 2.45) is 0 Å². The van der Waals surface area contributed by atoms with E-state index in [0.29, 0.717) is 5.88 Å². The summed E-state index contributed by atoms with van der Waals surface area (Å²) in [6.07, 6.45) is 0. The zero-order chi connectivity index (χ0) is 14.0. The molecule has 0 aromatic heterocycles. The average molecular weight is 340 g/mol. The molecule has 0 saturated carbocycles. The zero-order valence-corrected chi connectivity index (χ0v) is 13.6. The van der Waals surface area contributed by atoms with E-state index in [-0.39, 0.29) is 0 Å². The predicted molar refractivity (Wildman–Crippen MR) is 84.4 cm³/mol. The number of halogens is 2. The maximum Gasteiger partial charge on any atom is 0.133 e. The van der Waals surface area contributed by atoms with E-state index in [1.165, 1.54) is 11.1 Å². The molecular formula is C16H16BrClO. The van der Waals surface area contributed by atoms with Gasteiger partial charge in [0.05, 0.1) is 5.88 Å². The minimum absolute atomic E-state index is 0.437. The lowest BCUT2D eigenvalue weighted by Gasteiger charge is -2.16. The van der Waals surface area contributed by atoms with Crippen molar-refractivity contribution in [2.45, 2.75) is 26.7 Å². The lowest BCUT2D eigenvalue weighted by molar-refractivity contribution is 0.470. The molecule has 0 atom stereocenters. The topological polar surface area (TPSA) is 9.23 Å². The molecule has 0 fully saturated rings. The van der Waals surface area contributed by atoms with Crippen LogP contribution in [0.2, 0.25) is 0 Å². The predicted octanol–water partition coefficient (Wildman–Crippen LogP) is 5.91. The summed E-state index contributed by atoms with van der Waals surface area (Å²) >= 11 is 9.43. The number of benzene rings is 2. The van der Waals surface area contributed by atoms with Crippen LogP contribution in [0.1, 0.15) is 22.3 Å². The number of rotatable bonds is 3. The van der Waals surface area contributed by atoms with Crippen molar-refractivity contribution in [3.05, 3.63) is 57.1 Å². The smallest absolute Gasteiger partial charge is 0.133 e. The summed E-state index contributed by atoms with van der Waals surface area (Å²) in [6, 6.07) is 10.1. The maximum atomic E-state index is 6.11. The number of hydrogen-bond acceptors (Lipinski definition) is 1. The van der Waals surface area contributed by atoms with Gasteiger partial charge in [-0.25, -0.2) is 0 Å². The summed E-state index contributed by atoms with van der Waals surface area (Å²) in [5, 5.41) is 0. The van der Waals surface area contributed by atoms with Crippen LogP contribution in [0.15, 0.2) is 34.8 Å². The van der Waals surface area contributed by atoms with Crippen molar-refractivity contribution in [1.82, 2.24) is 0 Å². The molecule has 2 rings (SSSR count). The van der Waals surface area contributed by atoms with Gasteiger partial charge in [0.1, 0.15) is 11.5 Å². The van der Waals surface area contributed by atoms with E-state index in [2.05, 4.69) is 48.8 Å². The van der Waals surface area contributed by atoms with Crippen LogP contribution in [0.4, 0.5) is 0 Å². The molecule has 0 bridgehead atoms. The van der Waals surface area contributed by atoms with E-state index < -0.39 is 0 Å². The fourth-order valence-electron chi connectivity index (χ4n) is 1.93. The second-order valence-corrected chi connectivity index (χ2v) is 5.82. The fraction of sp³-hybridized carbons (Fsp3) is 0.250. The largest absolute Gasteiger partial charge is 0.456 e. The summed E-state index contributed by atoms with van der Waals surface area (Å²) in [5.41, 5.74) is 4.51. The quantitative estimate of drug-likeness (QED) is 0.632. The third-order valence-electron chi connectivity index (χ3n) is 3.26. The molecule has 0 N–H and O–H groups in total. The molecule has 0 aliphatic heterocycles. The normalized spacial score (nSPS) is 10.6. The van der Waals surface area contributed by atoms with E-state index in [4.69, 9.17) is 16.3 Å². The molecule has 2 aromatic carbocycles. The third-order valence-corrected chi connectivity index (χ3v) is 4.04. The highest BCUT2D eigenvalue weighted by molar-refractivity contribution is 9.10. The molecule has 1 nitrogen and oxygen atoms in total. The monoisotopic (exact) mass is 338 g/mol. The van der Waals surface area contributed by atoms with Crippen LogP contribution in [0, 0.1) is 20.8 Å². The van der Waals surface area contributed by atoms with Crippen molar-refractivity contribution in [1.29, 1.82) is 0 Å². The van der Waals surface area contributed by atoms with Crippen LogP contribution in [-0.2, 0) is 5.88 Å². The summed E-state index contributed by atoms with van der Waals surface area (Å²) in [5.74, 6) is 2.16. The van der Waals surface area contributed by atoms with Gasteiger partial charge < -0.3 is 4.74 Å². The third kappa shape index (κ3) is 3.13. The van der Waals surface area contributed by atoms with Crippen LogP contribution in [0.3, 0.4) is 0 Å². The van der Waals surface area contributed by atoms with Gasteiger partial charge >= 0.3 is 0 Å². The Kier molecular flexibility index (Phi) is 4.54.